The first kappa shape index (κ1) is 25.9. The normalized spacial score (nSPS) is 12.0. The lowest BCUT2D eigenvalue weighted by Gasteiger charge is -2.24. The number of aryl methyl sites for hydroxylation is 2. The predicted molar refractivity (Wildman–Crippen MR) is 163 cm³/mol. The maximum atomic E-state index is 7.96. The molecule has 0 bridgehead atoms. The van der Waals surface area contributed by atoms with E-state index in [9.17, 15) is 0 Å². The molecule has 38 heavy (non-hydrogen) atoms. The molecule has 5 rings (SSSR count). The van der Waals surface area contributed by atoms with Gasteiger partial charge in [-0.05, 0) is 42.0 Å². The van der Waals surface area contributed by atoms with Gasteiger partial charge in [-0.15, -0.1) is 0 Å². The monoisotopic (exact) mass is 517 g/mol. The first-order valence-corrected chi connectivity index (χ1v) is 16.9. The lowest BCUT2D eigenvalue weighted by molar-refractivity contribution is -0.665. The molecule has 5 aromatic rings. The molecule has 0 aliphatic rings. The number of fused-ring (bicyclic) bond motifs is 3. The van der Waals surface area contributed by atoms with Crippen molar-refractivity contribution in [2.75, 3.05) is 0 Å². The first-order chi connectivity index (χ1) is 18.0. The molecule has 0 spiro atoms. The van der Waals surface area contributed by atoms with Gasteiger partial charge in [0, 0.05) is 34.5 Å². The smallest absolute Gasteiger partial charge is 0.216 e. The van der Waals surface area contributed by atoms with Gasteiger partial charge in [-0.2, -0.15) is 4.57 Å². The topological polar surface area (TPSA) is 21.4 Å². The Morgan fingerprint density at radius 2 is 1.50 bits per heavy atom. The molecule has 0 aliphatic carbocycles. The molecule has 0 amide bonds. The van der Waals surface area contributed by atoms with Gasteiger partial charge in [-0.1, -0.05) is 82.0 Å². The molecule has 3 nitrogen and oxygen atoms in total. The molecule has 0 atom stereocenters. The Hall–Kier alpha value is -3.68. The van der Waals surface area contributed by atoms with Crippen LogP contribution < -0.4 is 9.75 Å². The highest BCUT2D eigenvalue weighted by atomic mass is 28.3. The molecule has 0 saturated carbocycles. The van der Waals surface area contributed by atoms with Crippen LogP contribution >= 0.6 is 0 Å². The van der Waals surface area contributed by atoms with Crippen molar-refractivity contribution in [2.24, 2.45) is 7.05 Å². The summed E-state index contributed by atoms with van der Waals surface area (Å²) in [7, 11) is 0.622. The molecule has 0 saturated heterocycles. The number of furan rings is 1. The summed E-state index contributed by atoms with van der Waals surface area (Å²) in [5.74, 6) is 0.430. The van der Waals surface area contributed by atoms with Crippen LogP contribution in [0, 0.1) is 27.3 Å². The van der Waals surface area contributed by atoms with Crippen molar-refractivity contribution in [3.05, 3.63) is 88.4 Å². The fraction of sp³-hybridized carbons (Fsp3) is 0.294. The van der Waals surface area contributed by atoms with Gasteiger partial charge in [0.1, 0.15) is 18.2 Å². The van der Waals surface area contributed by atoms with Crippen molar-refractivity contribution in [3.63, 3.8) is 0 Å². The maximum Gasteiger partial charge on any atom is 0.216 e. The van der Waals surface area contributed by atoms with E-state index in [1.807, 2.05) is 25.1 Å². The highest BCUT2D eigenvalue weighted by Crippen LogP contribution is 2.46. The molecule has 2 aromatic heterocycles. The van der Waals surface area contributed by atoms with Crippen LogP contribution in [0.2, 0.25) is 19.6 Å². The van der Waals surface area contributed by atoms with E-state index in [2.05, 4.69) is 100 Å². The van der Waals surface area contributed by atoms with Gasteiger partial charge in [-0.3, -0.25) is 0 Å². The molecule has 3 aromatic carbocycles. The van der Waals surface area contributed by atoms with Crippen molar-refractivity contribution in [3.8, 4) is 22.4 Å². The lowest BCUT2D eigenvalue weighted by atomic mass is 9.94. The molecule has 0 radical (unpaired) electrons. The number of nitrogens with zero attached hydrogens (tertiary/aromatic N) is 2. The Morgan fingerprint density at radius 1 is 0.842 bits per heavy atom. The van der Waals surface area contributed by atoms with Crippen LogP contribution in [-0.2, 0) is 7.05 Å². The highest BCUT2D eigenvalue weighted by molar-refractivity contribution is 6.89. The molecule has 4 heteroatoms. The molecule has 0 unspecified atom stereocenters. The number of pyridine rings is 1. The molecular weight excluding hydrogens is 480 g/mol. The van der Waals surface area contributed by atoms with Gasteiger partial charge in [0.2, 0.25) is 11.4 Å². The van der Waals surface area contributed by atoms with E-state index in [1.165, 1.54) is 22.5 Å². The summed E-state index contributed by atoms with van der Waals surface area (Å²) in [5.41, 5.74) is 11.5. The minimum absolute atomic E-state index is 0.430. The van der Waals surface area contributed by atoms with Gasteiger partial charge in [0.05, 0.1) is 20.2 Å². The van der Waals surface area contributed by atoms with Crippen molar-refractivity contribution in [1.29, 1.82) is 0 Å². The maximum absolute atomic E-state index is 7.96. The summed E-state index contributed by atoms with van der Waals surface area (Å²) in [6.45, 7) is 26.4. The van der Waals surface area contributed by atoms with Crippen molar-refractivity contribution < 1.29 is 8.98 Å². The van der Waals surface area contributed by atoms with E-state index < -0.39 is 8.07 Å². The summed E-state index contributed by atoms with van der Waals surface area (Å²) in [5, 5.41) is 3.71. The Morgan fingerprint density at radius 3 is 2.11 bits per heavy atom. The van der Waals surface area contributed by atoms with E-state index in [-0.39, 0.29) is 0 Å². The first-order valence-electron chi connectivity index (χ1n) is 13.4. The Balaban J connectivity index is 1.93. The summed E-state index contributed by atoms with van der Waals surface area (Å²) >= 11 is 0. The van der Waals surface area contributed by atoms with Crippen LogP contribution in [0.1, 0.15) is 42.1 Å². The van der Waals surface area contributed by atoms with E-state index in [4.69, 9.17) is 11.0 Å². The predicted octanol–water partition coefficient (Wildman–Crippen LogP) is 8.89. The average molecular weight is 518 g/mol. The molecule has 0 fully saturated rings. The Bertz CT molecular complexity index is 1760. The standard InChI is InChI=1S/C34H37N2OSi/c1-20(2)26-19-28(36(7)23(5)34(26)38(8,9)10)29-21(3)16-17-25-27-18-22(4)31(35-6)30(33(27)37-32(25)29)24-14-12-11-13-15-24/h11-20H,1-5,7-10H3/q+1. The summed E-state index contributed by atoms with van der Waals surface area (Å²) in [6.07, 6.45) is 0. The second kappa shape index (κ2) is 9.25. The number of benzene rings is 3. The number of hydrogen-bond donors (Lipinski definition) is 0. The third-order valence-corrected chi connectivity index (χ3v) is 10.1. The zero-order valence-electron chi connectivity index (χ0n) is 24.1. The summed E-state index contributed by atoms with van der Waals surface area (Å²) < 4.78 is 9.21. The number of aromatic nitrogens is 1. The minimum atomic E-state index is -1.57. The fourth-order valence-electron chi connectivity index (χ4n) is 6.08. The molecule has 0 aliphatic heterocycles. The van der Waals surface area contributed by atoms with Gasteiger partial charge in [0.25, 0.3) is 0 Å². The van der Waals surface area contributed by atoms with Gasteiger partial charge in [-0.25, -0.2) is 4.85 Å². The largest absolute Gasteiger partial charge is 0.456 e. The highest BCUT2D eigenvalue weighted by Gasteiger charge is 2.32. The van der Waals surface area contributed by atoms with Crippen LogP contribution in [0.5, 0.6) is 0 Å². The Labute approximate surface area is 227 Å². The summed E-state index contributed by atoms with van der Waals surface area (Å²) in [6, 6.07) is 19.1. The SMILES string of the molecule is [C-]#[N+]c1c(C)cc2c(oc3c(-c4cc(C(C)C)c([Si](C)(C)C)c(C)[n+]4C)c(C)ccc32)c1-c1ccccc1. The molecule has 2 heterocycles. The van der Waals surface area contributed by atoms with Crippen molar-refractivity contribution in [2.45, 2.75) is 60.2 Å². The van der Waals surface area contributed by atoms with E-state index in [0.717, 1.165) is 44.2 Å². The van der Waals surface area contributed by atoms with Gasteiger partial charge < -0.3 is 4.42 Å². The number of rotatable bonds is 4. The molecule has 192 valence electrons. The second-order valence-corrected chi connectivity index (χ2v) is 16.9. The van der Waals surface area contributed by atoms with Gasteiger partial charge in [0.15, 0.2) is 5.69 Å². The van der Waals surface area contributed by atoms with Crippen LogP contribution in [0.3, 0.4) is 0 Å². The van der Waals surface area contributed by atoms with Crippen LogP contribution in [0.25, 0.3) is 49.2 Å². The molecule has 0 N–H and O–H groups in total. The van der Waals surface area contributed by atoms with E-state index >= 15 is 0 Å². The van der Waals surface area contributed by atoms with E-state index in [1.54, 1.807) is 5.19 Å². The lowest BCUT2D eigenvalue weighted by Crippen LogP contribution is -2.51. The van der Waals surface area contributed by atoms with Crippen molar-refractivity contribution in [1.82, 2.24) is 0 Å². The van der Waals surface area contributed by atoms with Crippen LogP contribution in [-0.4, -0.2) is 8.07 Å². The zero-order chi connectivity index (χ0) is 27.5. The van der Waals surface area contributed by atoms with Gasteiger partial charge >= 0.3 is 0 Å². The third kappa shape index (κ3) is 3.97. The second-order valence-electron chi connectivity index (χ2n) is 11.9. The summed E-state index contributed by atoms with van der Waals surface area (Å²) in [4.78, 5) is 3.94. The third-order valence-electron chi connectivity index (χ3n) is 7.91. The Kier molecular flexibility index (Phi) is 6.32. The van der Waals surface area contributed by atoms with Crippen LogP contribution in [0.15, 0.2) is 59.0 Å². The van der Waals surface area contributed by atoms with E-state index in [0.29, 0.717) is 11.6 Å². The minimum Gasteiger partial charge on any atom is -0.456 e. The van der Waals surface area contributed by atoms with Crippen molar-refractivity contribution >= 4 is 40.9 Å². The quantitative estimate of drug-likeness (QED) is 0.132. The zero-order valence-corrected chi connectivity index (χ0v) is 25.1. The fourth-order valence-corrected chi connectivity index (χ4v) is 8.56. The molecular formula is C34H37N2OSi+. The average Bonchev–Trinajstić information content (AvgIpc) is 3.22. The number of hydrogen-bond acceptors (Lipinski definition) is 1. The van der Waals surface area contributed by atoms with Crippen LogP contribution in [0.4, 0.5) is 5.69 Å².